The Kier molecular flexibility index (Phi) is 4.08. The molecule has 1 aliphatic rings. The molecule has 0 spiro atoms. The summed E-state index contributed by atoms with van der Waals surface area (Å²) in [5.41, 5.74) is 3.50. The van der Waals surface area contributed by atoms with Gasteiger partial charge in [-0.3, -0.25) is 14.5 Å². The van der Waals surface area contributed by atoms with Crippen molar-refractivity contribution in [3.8, 4) is 11.3 Å². The van der Waals surface area contributed by atoms with E-state index in [0.717, 1.165) is 27.9 Å². The first-order valence-corrected chi connectivity index (χ1v) is 9.93. The molecule has 0 radical (unpaired) electrons. The molecule has 0 fully saturated rings. The lowest BCUT2D eigenvalue weighted by atomic mass is 9.84. The van der Waals surface area contributed by atoms with Crippen molar-refractivity contribution < 1.29 is 9.90 Å². The van der Waals surface area contributed by atoms with Gasteiger partial charge < -0.3 is 5.11 Å². The normalized spacial score (nSPS) is 18.5. The first-order valence-electron chi connectivity index (χ1n) is 9.93. The molecular formula is C22H22N6O2. The molecule has 8 heteroatoms. The molecule has 30 heavy (non-hydrogen) atoms. The summed E-state index contributed by atoms with van der Waals surface area (Å²) in [6.45, 7) is 3.74. The molecule has 8 nitrogen and oxygen atoms in total. The number of hydrogen-bond donors (Lipinski definition) is 1. The van der Waals surface area contributed by atoms with Gasteiger partial charge in [0.15, 0.2) is 22.9 Å². The second-order valence-corrected chi connectivity index (χ2v) is 8.16. The van der Waals surface area contributed by atoms with Crippen LogP contribution in [0.25, 0.3) is 16.9 Å². The highest BCUT2D eigenvalue weighted by atomic mass is 16.3. The number of aryl methyl sites for hydroxylation is 1. The highest BCUT2D eigenvalue weighted by Crippen LogP contribution is 2.40. The minimum atomic E-state index is -1.39. The van der Waals surface area contributed by atoms with Crippen LogP contribution in [0.15, 0.2) is 43.0 Å². The number of benzene rings is 1. The van der Waals surface area contributed by atoms with Gasteiger partial charge in [-0.2, -0.15) is 10.2 Å². The van der Waals surface area contributed by atoms with Gasteiger partial charge in [-0.25, -0.2) is 9.50 Å². The van der Waals surface area contributed by atoms with Crippen LogP contribution in [0.1, 0.15) is 36.4 Å². The minimum Gasteiger partial charge on any atom is -0.377 e. The molecule has 0 saturated carbocycles. The Bertz CT molecular complexity index is 1290. The molecule has 0 bridgehead atoms. The molecule has 1 aromatic carbocycles. The maximum Gasteiger partial charge on any atom is 0.182 e. The fourth-order valence-corrected chi connectivity index (χ4v) is 4.23. The third kappa shape index (κ3) is 2.75. The molecule has 152 valence electrons. The third-order valence-corrected chi connectivity index (χ3v) is 5.83. The number of carbonyl (C=O) groups excluding carboxylic acids is 1. The predicted molar refractivity (Wildman–Crippen MR) is 110 cm³/mol. The lowest BCUT2D eigenvalue weighted by Gasteiger charge is -2.26. The molecule has 0 amide bonds. The van der Waals surface area contributed by atoms with E-state index in [9.17, 15) is 9.90 Å². The van der Waals surface area contributed by atoms with Crippen LogP contribution in [0, 0.1) is 5.92 Å². The van der Waals surface area contributed by atoms with Crippen LogP contribution in [0.2, 0.25) is 0 Å². The van der Waals surface area contributed by atoms with Crippen molar-refractivity contribution in [3.05, 3.63) is 65.5 Å². The third-order valence-electron chi connectivity index (χ3n) is 5.83. The second-order valence-electron chi connectivity index (χ2n) is 8.16. The average molecular weight is 402 g/mol. The number of rotatable bonds is 4. The maximum atomic E-state index is 12.5. The zero-order valence-electron chi connectivity index (χ0n) is 17.1. The molecule has 3 heterocycles. The van der Waals surface area contributed by atoms with Gasteiger partial charge in [0, 0.05) is 44.0 Å². The molecule has 1 N–H and O–H groups in total. The van der Waals surface area contributed by atoms with Crippen molar-refractivity contribution >= 4 is 11.4 Å². The highest BCUT2D eigenvalue weighted by Gasteiger charge is 2.46. The van der Waals surface area contributed by atoms with E-state index < -0.39 is 5.60 Å². The van der Waals surface area contributed by atoms with Crippen molar-refractivity contribution in [3.63, 3.8) is 0 Å². The number of carbonyl (C=O) groups is 1. The van der Waals surface area contributed by atoms with Gasteiger partial charge in [-0.15, -0.1) is 0 Å². The Labute approximate surface area is 173 Å². The Morgan fingerprint density at radius 3 is 2.87 bits per heavy atom. The number of nitrogens with zero attached hydrogens (tertiary/aromatic N) is 6. The largest absolute Gasteiger partial charge is 0.377 e. The zero-order chi connectivity index (χ0) is 21.0. The molecule has 1 unspecified atom stereocenters. The number of aromatic nitrogens is 6. The summed E-state index contributed by atoms with van der Waals surface area (Å²) in [4.78, 5) is 21.6. The van der Waals surface area contributed by atoms with E-state index in [4.69, 9.17) is 4.98 Å². The first kappa shape index (κ1) is 18.6. The number of ketones is 1. The van der Waals surface area contributed by atoms with Crippen molar-refractivity contribution in [2.75, 3.05) is 0 Å². The molecule has 1 aliphatic carbocycles. The Hall–Kier alpha value is -3.39. The summed E-state index contributed by atoms with van der Waals surface area (Å²) in [5, 5.41) is 19.7. The minimum absolute atomic E-state index is 0.136. The molecule has 4 aromatic rings. The molecule has 0 saturated heterocycles. The standard InChI is InChI=1S/C22H22N6O2/c1-13(2)22(30)17-5-4-14(8-15(17)10-18(22)29)9-19-25-21-20(16-11-24-27(3)12-16)23-6-7-28(21)26-19/h4-8,11-13,30H,9-10H2,1-3H3. The summed E-state index contributed by atoms with van der Waals surface area (Å²) >= 11 is 0. The smallest absolute Gasteiger partial charge is 0.182 e. The van der Waals surface area contributed by atoms with Crippen LogP contribution in [-0.2, 0) is 30.3 Å². The van der Waals surface area contributed by atoms with Crippen LogP contribution in [-0.4, -0.2) is 40.3 Å². The molecule has 3 aromatic heterocycles. The maximum absolute atomic E-state index is 12.5. The van der Waals surface area contributed by atoms with Crippen LogP contribution >= 0.6 is 0 Å². The Balaban J connectivity index is 1.49. The first-order chi connectivity index (χ1) is 14.4. The van der Waals surface area contributed by atoms with Gasteiger partial charge >= 0.3 is 0 Å². The van der Waals surface area contributed by atoms with Gasteiger partial charge in [0.2, 0.25) is 0 Å². The summed E-state index contributed by atoms with van der Waals surface area (Å²) in [6, 6.07) is 5.80. The van der Waals surface area contributed by atoms with Crippen LogP contribution < -0.4 is 0 Å². The van der Waals surface area contributed by atoms with Crippen molar-refractivity contribution in [2.24, 2.45) is 13.0 Å². The summed E-state index contributed by atoms with van der Waals surface area (Å²) in [6.07, 6.45) is 7.90. The number of aliphatic hydroxyl groups is 1. The van der Waals surface area contributed by atoms with Gasteiger partial charge in [-0.05, 0) is 22.6 Å². The van der Waals surface area contributed by atoms with E-state index in [0.29, 0.717) is 17.9 Å². The topological polar surface area (TPSA) is 98.2 Å². The van der Waals surface area contributed by atoms with Gasteiger partial charge in [0.1, 0.15) is 5.69 Å². The lowest BCUT2D eigenvalue weighted by molar-refractivity contribution is -0.140. The quantitative estimate of drug-likeness (QED) is 0.561. The van der Waals surface area contributed by atoms with Gasteiger partial charge in [-0.1, -0.05) is 32.0 Å². The summed E-state index contributed by atoms with van der Waals surface area (Å²) in [7, 11) is 1.86. The monoisotopic (exact) mass is 402 g/mol. The Morgan fingerprint density at radius 2 is 2.13 bits per heavy atom. The van der Waals surface area contributed by atoms with Crippen LogP contribution in [0.3, 0.4) is 0 Å². The SMILES string of the molecule is CC(C)C1(O)C(=O)Cc2cc(Cc3nc4c(-c5cnn(C)c5)nccn4n3)ccc21. The number of fused-ring (bicyclic) bond motifs is 2. The molecule has 1 atom stereocenters. The van der Waals surface area contributed by atoms with E-state index in [2.05, 4.69) is 15.2 Å². The zero-order valence-corrected chi connectivity index (χ0v) is 17.1. The van der Waals surface area contributed by atoms with E-state index in [1.54, 1.807) is 27.8 Å². The number of Topliss-reactive ketones (excluding diaryl/α,β-unsaturated/α-hetero) is 1. The Morgan fingerprint density at radius 1 is 1.30 bits per heavy atom. The fourth-order valence-electron chi connectivity index (χ4n) is 4.23. The fraction of sp³-hybridized carbons (Fsp3) is 0.318. The van der Waals surface area contributed by atoms with E-state index in [-0.39, 0.29) is 18.1 Å². The van der Waals surface area contributed by atoms with Crippen LogP contribution in [0.4, 0.5) is 0 Å². The van der Waals surface area contributed by atoms with E-state index in [1.807, 2.05) is 45.3 Å². The van der Waals surface area contributed by atoms with E-state index >= 15 is 0 Å². The van der Waals surface area contributed by atoms with Crippen molar-refractivity contribution in [1.29, 1.82) is 0 Å². The summed E-state index contributed by atoms with van der Waals surface area (Å²) < 4.78 is 3.45. The molecule has 0 aliphatic heterocycles. The molecular weight excluding hydrogens is 380 g/mol. The average Bonchev–Trinajstić information content (AvgIpc) is 3.38. The van der Waals surface area contributed by atoms with E-state index in [1.165, 1.54) is 0 Å². The predicted octanol–water partition coefficient (Wildman–Crippen LogP) is 2.08. The lowest BCUT2D eigenvalue weighted by Crippen LogP contribution is -2.37. The number of hydrogen-bond acceptors (Lipinski definition) is 6. The van der Waals surface area contributed by atoms with Crippen LogP contribution in [0.5, 0.6) is 0 Å². The molecule has 5 rings (SSSR count). The van der Waals surface area contributed by atoms with Gasteiger partial charge in [0.05, 0.1) is 6.20 Å². The second kappa shape index (κ2) is 6.56. The van der Waals surface area contributed by atoms with Crippen molar-refractivity contribution in [2.45, 2.75) is 32.3 Å². The van der Waals surface area contributed by atoms with Crippen molar-refractivity contribution in [1.82, 2.24) is 29.4 Å². The highest BCUT2D eigenvalue weighted by molar-refractivity contribution is 5.95. The van der Waals surface area contributed by atoms with Gasteiger partial charge in [0.25, 0.3) is 0 Å². The summed E-state index contributed by atoms with van der Waals surface area (Å²) in [5.74, 6) is 0.356.